The van der Waals surface area contributed by atoms with Crippen molar-refractivity contribution in [1.82, 2.24) is 25.1 Å². The lowest BCUT2D eigenvalue weighted by atomic mass is 9.77. The SMILES string of the molecule is COc1ccc(-c2ccc(NC(=O)N3CCC4CCOC4C3)cc2-c2nnn(C(c3ccccc3)(c3ccccc3)c3ccccc3)n2)cc1OC. The smallest absolute Gasteiger partial charge is 0.321 e. The van der Waals surface area contributed by atoms with Crippen LogP contribution in [0.1, 0.15) is 29.5 Å². The fraction of sp³-hybridized carbons (Fsp3) is 0.238. The second kappa shape index (κ2) is 14.3. The molecule has 2 unspecified atom stereocenters. The van der Waals surface area contributed by atoms with Crippen LogP contribution >= 0.6 is 0 Å². The van der Waals surface area contributed by atoms with Crippen LogP contribution in [0.5, 0.6) is 11.5 Å². The van der Waals surface area contributed by atoms with Crippen molar-refractivity contribution in [2.75, 3.05) is 39.2 Å². The number of nitrogens with one attached hydrogen (secondary N) is 1. The number of urea groups is 1. The first-order valence-corrected chi connectivity index (χ1v) is 17.6. The number of piperidine rings is 1. The quantitative estimate of drug-likeness (QED) is 0.157. The molecule has 3 heterocycles. The third kappa shape index (κ3) is 6.05. The summed E-state index contributed by atoms with van der Waals surface area (Å²) in [5.74, 6) is 2.14. The van der Waals surface area contributed by atoms with Gasteiger partial charge < -0.3 is 24.4 Å². The second-order valence-corrected chi connectivity index (χ2v) is 13.2. The molecule has 2 atom stereocenters. The Kier molecular flexibility index (Phi) is 9.13. The van der Waals surface area contributed by atoms with Crippen LogP contribution in [0.2, 0.25) is 0 Å². The van der Waals surface area contributed by atoms with Crippen LogP contribution < -0.4 is 14.8 Å². The van der Waals surface area contributed by atoms with E-state index in [1.807, 2.05) is 95.9 Å². The summed E-state index contributed by atoms with van der Waals surface area (Å²) < 4.78 is 17.1. The van der Waals surface area contributed by atoms with Crippen molar-refractivity contribution >= 4 is 11.7 Å². The highest BCUT2D eigenvalue weighted by Gasteiger charge is 2.41. The molecule has 10 heteroatoms. The first-order chi connectivity index (χ1) is 25.6. The van der Waals surface area contributed by atoms with Crippen LogP contribution in [-0.2, 0) is 10.3 Å². The number of carbonyl (C=O) groups is 1. The zero-order valence-corrected chi connectivity index (χ0v) is 29.2. The Morgan fingerprint density at radius 2 is 1.42 bits per heavy atom. The van der Waals surface area contributed by atoms with Gasteiger partial charge in [0, 0.05) is 30.9 Å². The minimum Gasteiger partial charge on any atom is -0.493 e. The third-order valence-electron chi connectivity index (χ3n) is 10.3. The molecule has 10 nitrogen and oxygen atoms in total. The van der Waals surface area contributed by atoms with Gasteiger partial charge >= 0.3 is 6.03 Å². The number of hydrogen-bond acceptors (Lipinski definition) is 7. The summed E-state index contributed by atoms with van der Waals surface area (Å²) in [5, 5.41) is 17.9. The number of tetrazole rings is 1. The fourth-order valence-electron chi connectivity index (χ4n) is 7.65. The number of carbonyl (C=O) groups excluding carboxylic acids is 1. The lowest BCUT2D eigenvalue weighted by molar-refractivity contribution is 0.0412. The minimum atomic E-state index is -0.946. The first-order valence-electron chi connectivity index (χ1n) is 17.6. The normalized spacial score (nSPS) is 17.0. The van der Waals surface area contributed by atoms with Crippen molar-refractivity contribution in [2.45, 2.75) is 24.5 Å². The summed E-state index contributed by atoms with van der Waals surface area (Å²) in [4.78, 5) is 17.2. The molecule has 262 valence electrons. The number of fused-ring (bicyclic) bond motifs is 1. The zero-order chi connectivity index (χ0) is 35.5. The Labute approximate surface area is 303 Å². The molecule has 0 saturated carbocycles. The van der Waals surface area contributed by atoms with Crippen molar-refractivity contribution in [3.8, 4) is 34.0 Å². The van der Waals surface area contributed by atoms with Gasteiger partial charge in [-0.15, -0.1) is 15.0 Å². The van der Waals surface area contributed by atoms with Crippen LogP contribution in [0.3, 0.4) is 0 Å². The Balaban J connectivity index is 1.26. The Hall–Kier alpha value is -6.00. The van der Waals surface area contributed by atoms with Gasteiger partial charge in [-0.05, 0) is 76.1 Å². The van der Waals surface area contributed by atoms with Crippen LogP contribution in [0.15, 0.2) is 127 Å². The summed E-state index contributed by atoms with van der Waals surface area (Å²) in [7, 11) is 3.23. The molecule has 1 N–H and O–H groups in total. The van der Waals surface area contributed by atoms with Gasteiger partial charge in [0.2, 0.25) is 5.82 Å². The van der Waals surface area contributed by atoms with Crippen molar-refractivity contribution in [1.29, 1.82) is 0 Å². The number of hydrogen-bond donors (Lipinski definition) is 1. The molecule has 52 heavy (non-hydrogen) atoms. The molecular formula is C42H40N6O4. The number of ether oxygens (including phenoxy) is 3. The molecule has 2 fully saturated rings. The number of aromatic nitrogens is 4. The Morgan fingerprint density at radius 1 is 0.769 bits per heavy atom. The zero-order valence-electron chi connectivity index (χ0n) is 29.2. The third-order valence-corrected chi connectivity index (χ3v) is 10.3. The number of nitrogens with zero attached hydrogens (tertiary/aromatic N) is 5. The Bertz CT molecular complexity index is 2060. The Morgan fingerprint density at radius 3 is 2.06 bits per heavy atom. The average Bonchev–Trinajstić information content (AvgIpc) is 3.90. The highest BCUT2D eigenvalue weighted by atomic mass is 16.5. The van der Waals surface area contributed by atoms with E-state index in [0.29, 0.717) is 47.6 Å². The summed E-state index contributed by atoms with van der Waals surface area (Å²) >= 11 is 0. The monoisotopic (exact) mass is 692 g/mol. The molecule has 8 rings (SSSR count). The number of rotatable bonds is 9. The van der Waals surface area contributed by atoms with Gasteiger partial charge in [0.05, 0.1) is 20.3 Å². The van der Waals surface area contributed by atoms with Crippen molar-refractivity contribution in [2.24, 2.45) is 5.92 Å². The topological polar surface area (TPSA) is 104 Å². The molecule has 0 bridgehead atoms. The van der Waals surface area contributed by atoms with Gasteiger partial charge in [-0.2, -0.15) is 0 Å². The summed E-state index contributed by atoms with van der Waals surface area (Å²) in [6.45, 7) is 2.05. The van der Waals surface area contributed by atoms with E-state index in [-0.39, 0.29) is 12.1 Å². The van der Waals surface area contributed by atoms with E-state index in [1.54, 1.807) is 19.0 Å². The minimum absolute atomic E-state index is 0.0980. The number of likely N-dealkylation sites (tertiary alicyclic amines) is 1. The maximum absolute atomic E-state index is 13.6. The number of amides is 2. The number of methoxy groups -OCH3 is 2. The van der Waals surface area contributed by atoms with Crippen molar-refractivity contribution in [3.05, 3.63) is 144 Å². The van der Waals surface area contributed by atoms with E-state index in [4.69, 9.17) is 29.6 Å². The molecule has 5 aromatic carbocycles. The van der Waals surface area contributed by atoms with Crippen LogP contribution in [0.25, 0.3) is 22.5 Å². The van der Waals surface area contributed by atoms with Gasteiger partial charge in [-0.1, -0.05) is 103 Å². The second-order valence-electron chi connectivity index (χ2n) is 13.2. The summed E-state index contributed by atoms with van der Waals surface area (Å²) in [5.41, 5.74) is 5.00. The molecular weight excluding hydrogens is 652 g/mol. The number of benzene rings is 5. The lowest BCUT2D eigenvalue weighted by Crippen LogP contribution is -2.47. The average molecular weight is 693 g/mol. The maximum Gasteiger partial charge on any atom is 0.321 e. The van der Waals surface area contributed by atoms with Gasteiger partial charge in [-0.25, -0.2) is 4.79 Å². The van der Waals surface area contributed by atoms with Gasteiger partial charge in [-0.3, -0.25) is 0 Å². The van der Waals surface area contributed by atoms with E-state index >= 15 is 0 Å². The molecule has 1 aromatic heterocycles. The maximum atomic E-state index is 13.6. The van der Waals surface area contributed by atoms with E-state index in [0.717, 1.165) is 47.3 Å². The van der Waals surface area contributed by atoms with Crippen LogP contribution in [0.4, 0.5) is 10.5 Å². The van der Waals surface area contributed by atoms with Gasteiger partial charge in [0.15, 0.2) is 17.0 Å². The standard InChI is InChI=1S/C42H40N6O4/c1-50-37-21-18-30(26-38(37)51-2)35-20-19-34(43-41(49)47-24-22-29-23-25-52-39(29)28-47)27-36(35)40-44-46-48(45-40)42(31-12-6-3-7-13-31,32-14-8-4-9-15-32)33-16-10-5-11-17-33/h3-21,26-27,29,39H,22-25,28H2,1-2H3,(H,43,49). The molecule has 6 aromatic rings. The van der Waals surface area contributed by atoms with Gasteiger partial charge in [0.25, 0.3) is 0 Å². The van der Waals surface area contributed by atoms with Gasteiger partial charge in [0.1, 0.15) is 0 Å². The first kappa shape index (κ1) is 33.2. The summed E-state index contributed by atoms with van der Waals surface area (Å²) in [6.07, 6.45) is 2.11. The molecule has 2 saturated heterocycles. The van der Waals surface area contributed by atoms with E-state index in [2.05, 4.69) is 41.7 Å². The molecule has 0 radical (unpaired) electrons. The molecule has 2 aliphatic heterocycles. The van der Waals surface area contributed by atoms with Crippen LogP contribution in [-0.4, -0.2) is 71.2 Å². The van der Waals surface area contributed by atoms with Crippen molar-refractivity contribution < 1.29 is 19.0 Å². The lowest BCUT2D eigenvalue weighted by Gasteiger charge is -2.34. The molecule has 2 amide bonds. The molecule has 0 spiro atoms. The predicted molar refractivity (Wildman–Crippen MR) is 199 cm³/mol. The highest BCUT2D eigenvalue weighted by molar-refractivity contribution is 5.92. The fourth-order valence-corrected chi connectivity index (χ4v) is 7.65. The van der Waals surface area contributed by atoms with E-state index in [9.17, 15) is 4.79 Å². The summed E-state index contributed by atoms with van der Waals surface area (Å²) in [6, 6.07) is 42.1. The largest absolute Gasteiger partial charge is 0.493 e. The predicted octanol–water partition coefficient (Wildman–Crippen LogP) is 7.51. The van der Waals surface area contributed by atoms with Crippen molar-refractivity contribution in [3.63, 3.8) is 0 Å². The van der Waals surface area contributed by atoms with Crippen LogP contribution in [0, 0.1) is 5.92 Å². The number of anilines is 1. The van der Waals surface area contributed by atoms with E-state index < -0.39 is 5.54 Å². The van der Waals surface area contributed by atoms with E-state index in [1.165, 1.54) is 0 Å². The molecule has 2 aliphatic rings. The highest BCUT2D eigenvalue weighted by Crippen LogP contribution is 2.42. The molecule has 0 aliphatic carbocycles.